The van der Waals surface area contributed by atoms with Crippen molar-refractivity contribution < 1.29 is 9.53 Å². The van der Waals surface area contributed by atoms with Gasteiger partial charge in [0.15, 0.2) is 0 Å². The molecule has 0 atom stereocenters. The number of carbonyl (C=O) groups is 1. The molecule has 2 rings (SSSR count). The fourth-order valence-electron chi connectivity index (χ4n) is 2.02. The molecule has 0 spiro atoms. The Morgan fingerprint density at radius 1 is 1.09 bits per heavy atom. The molecule has 0 radical (unpaired) electrons. The summed E-state index contributed by atoms with van der Waals surface area (Å²) in [6, 6.07) is 17.3. The Morgan fingerprint density at radius 2 is 1.74 bits per heavy atom. The zero-order chi connectivity index (χ0) is 16.7. The first-order chi connectivity index (χ1) is 11.1. The second-order valence-corrected chi connectivity index (χ2v) is 5.87. The Bertz CT molecular complexity index is 609. The van der Waals surface area contributed by atoms with Crippen LogP contribution < -0.4 is 15.0 Å². The summed E-state index contributed by atoms with van der Waals surface area (Å²) in [4.78, 5) is 13.8. The molecule has 4 nitrogen and oxygen atoms in total. The summed E-state index contributed by atoms with van der Waals surface area (Å²) >= 11 is 0. The lowest BCUT2D eigenvalue weighted by atomic mass is 10.2. The van der Waals surface area contributed by atoms with Crippen molar-refractivity contribution in [1.82, 2.24) is 0 Å². The van der Waals surface area contributed by atoms with E-state index < -0.39 is 0 Å². The van der Waals surface area contributed by atoms with E-state index in [0.29, 0.717) is 12.5 Å². The third-order valence-electron chi connectivity index (χ3n) is 3.40. The van der Waals surface area contributed by atoms with E-state index in [2.05, 4.69) is 19.2 Å². The van der Waals surface area contributed by atoms with Crippen LogP contribution in [0.1, 0.15) is 13.8 Å². The van der Waals surface area contributed by atoms with Gasteiger partial charge in [-0.2, -0.15) is 0 Å². The normalized spacial score (nSPS) is 10.4. The van der Waals surface area contributed by atoms with Crippen LogP contribution in [0.5, 0.6) is 5.75 Å². The number of rotatable bonds is 7. The van der Waals surface area contributed by atoms with Crippen molar-refractivity contribution in [3.63, 3.8) is 0 Å². The number of nitrogens with zero attached hydrogens (tertiary/aromatic N) is 1. The molecule has 0 saturated heterocycles. The van der Waals surface area contributed by atoms with Crippen LogP contribution in [0, 0.1) is 5.92 Å². The third-order valence-corrected chi connectivity index (χ3v) is 3.40. The summed E-state index contributed by atoms with van der Waals surface area (Å²) in [7, 11) is 1.78. The molecular formula is C19H24N2O2. The molecule has 0 aromatic heterocycles. The number of anilines is 2. The number of hydrogen-bond donors (Lipinski definition) is 1. The van der Waals surface area contributed by atoms with Gasteiger partial charge >= 0.3 is 0 Å². The Labute approximate surface area is 138 Å². The Kier molecular flexibility index (Phi) is 6.03. The Hall–Kier alpha value is -2.49. The van der Waals surface area contributed by atoms with Crippen molar-refractivity contribution in [2.75, 3.05) is 30.4 Å². The number of hydrogen-bond acceptors (Lipinski definition) is 3. The number of carbonyl (C=O) groups excluding carboxylic acids is 1. The minimum absolute atomic E-state index is 0.0105. The second-order valence-electron chi connectivity index (χ2n) is 5.87. The highest BCUT2D eigenvalue weighted by Gasteiger charge is 2.10. The van der Waals surface area contributed by atoms with Gasteiger partial charge in [0.05, 0.1) is 13.2 Å². The SMILES string of the molecule is CC(C)COc1ccc(NCC(=O)N(C)c2ccccc2)cc1. The maximum atomic E-state index is 12.2. The molecule has 0 unspecified atom stereocenters. The topological polar surface area (TPSA) is 41.6 Å². The fraction of sp³-hybridized carbons (Fsp3) is 0.316. The van der Waals surface area contributed by atoms with Crippen LogP contribution in [0.25, 0.3) is 0 Å². The van der Waals surface area contributed by atoms with Gasteiger partial charge < -0.3 is 15.0 Å². The Balaban J connectivity index is 1.84. The first-order valence-electron chi connectivity index (χ1n) is 7.84. The van der Waals surface area contributed by atoms with E-state index in [1.165, 1.54) is 0 Å². The van der Waals surface area contributed by atoms with Crippen molar-refractivity contribution in [3.05, 3.63) is 54.6 Å². The number of para-hydroxylation sites is 1. The molecule has 0 heterocycles. The standard InChI is InChI=1S/C19H24N2O2/c1-15(2)14-23-18-11-9-16(10-12-18)20-13-19(22)21(3)17-7-5-4-6-8-17/h4-12,15,20H,13-14H2,1-3H3. The largest absolute Gasteiger partial charge is 0.493 e. The predicted octanol–water partition coefficient (Wildman–Crippen LogP) is 3.80. The first kappa shape index (κ1) is 16.9. The second kappa shape index (κ2) is 8.22. The van der Waals surface area contributed by atoms with Crippen molar-refractivity contribution >= 4 is 17.3 Å². The van der Waals surface area contributed by atoms with Gasteiger partial charge in [0.2, 0.25) is 5.91 Å². The molecule has 23 heavy (non-hydrogen) atoms. The molecule has 0 fully saturated rings. The van der Waals surface area contributed by atoms with Gasteiger partial charge in [-0.1, -0.05) is 32.0 Å². The molecule has 0 aliphatic rings. The van der Waals surface area contributed by atoms with Crippen LogP contribution in [0.15, 0.2) is 54.6 Å². The fourth-order valence-corrected chi connectivity index (χ4v) is 2.02. The van der Waals surface area contributed by atoms with E-state index in [1.807, 2.05) is 54.6 Å². The summed E-state index contributed by atoms with van der Waals surface area (Å²) in [5.41, 5.74) is 1.79. The number of benzene rings is 2. The van der Waals surface area contributed by atoms with E-state index in [0.717, 1.165) is 17.1 Å². The lowest BCUT2D eigenvalue weighted by Gasteiger charge is -2.18. The van der Waals surface area contributed by atoms with Crippen LogP contribution in [-0.4, -0.2) is 26.1 Å². The van der Waals surface area contributed by atoms with Gasteiger partial charge in [-0.3, -0.25) is 4.79 Å². The van der Waals surface area contributed by atoms with Crippen LogP contribution in [-0.2, 0) is 4.79 Å². The average molecular weight is 312 g/mol. The summed E-state index contributed by atoms with van der Waals surface area (Å²) in [5.74, 6) is 1.35. The summed E-state index contributed by atoms with van der Waals surface area (Å²) in [6.07, 6.45) is 0. The molecule has 4 heteroatoms. The maximum Gasteiger partial charge on any atom is 0.246 e. The van der Waals surface area contributed by atoms with E-state index in [4.69, 9.17) is 4.74 Å². The van der Waals surface area contributed by atoms with Gasteiger partial charge in [0.1, 0.15) is 5.75 Å². The van der Waals surface area contributed by atoms with Gasteiger partial charge in [0, 0.05) is 18.4 Å². The maximum absolute atomic E-state index is 12.2. The zero-order valence-corrected chi connectivity index (χ0v) is 14.0. The molecule has 0 aliphatic heterocycles. The van der Waals surface area contributed by atoms with Gasteiger partial charge in [-0.25, -0.2) is 0 Å². The molecule has 1 amide bonds. The van der Waals surface area contributed by atoms with Crippen LogP contribution in [0.4, 0.5) is 11.4 Å². The highest BCUT2D eigenvalue weighted by Crippen LogP contribution is 2.17. The summed E-state index contributed by atoms with van der Waals surface area (Å²) < 4.78 is 5.64. The highest BCUT2D eigenvalue weighted by atomic mass is 16.5. The third kappa shape index (κ3) is 5.33. The van der Waals surface area contributed by atoms with Crippen molar-refractivity contribution in [2.24, 2.45) is 5.92 Å². The molecule has 0 bridgehead atoms. The predicted molar refractivity (Wildman–Crippen MR) is 95.1 cm³/mol. The quantitative estimate of drug-likeness (QED) is 0.845. The Morgan fingerprint density at radius 3 is 2.35 bits per heavy atom. The molecule has 2 aromatic rings. The van der Waals surface area contributed by atoms with Crippen molar-refractivity contribution in [1.29, 1.82) is 0 Å². The minimum atomic E-state index is 0.0105. The van der Waals surface area contributed by atoms with Gasteiger partial charge in [0.25, 0.3) is 0 Å². The van der Waals surface area contributed by atoms with Crippen LogP contribution >= 0.6 is 0 Å². The monoisotopic (exact) mass is 312 g/mol. The van der Waals surface area contributed by atoms with Gasteiger partial charge in [-0.05, 0) is 42.3 Å². The number of nitrogens with one attached hydrogen (secondary N) is 1. The summed E-state index contributed by atoms with van der Waals surface area (Å²) in [5, 5.41) is 3.14. The van der Waals surface area contributed by atoms with E-state index >= 15 is 0 Å². The number of amides is 1. The van der Waals surface area contributed by atoms with Crippen LogP contribution in [0.3, 0.4) is 0 Å². The zero-order valence-electron chi connectivity index (χ0n) is 14.0. The smallest absolute Gasteiger partial charge is 0.246 e. The number of likely N-dealkylation sites (N-methyl/N-ethyl adjacent to an activating group) is 1. The van der Waals surface area contributed by atoms with Crippen LogP contribution in [0.2, 0.25) is 0 Å². The van der Waals surface area contributed by atoms with E-state index in [9.17, 15) is 4.79 Å². The van der Waals surface area contributed by atoms with E-state index in [1.54, 1.807) is 11.9 Å². The molecule has 0 saturated carbocycles. The summed E-state index contributed by atoms with van der Waals surface area (Å²) in [6.45, 7) is 5.18. The molecule has 122 valence electrons. The van der Waals surface area contributed by atoms with Crippen molar-refractivity contribution in [2.45, 2.75) is 13.8 Å². The van der Waals surface area contributed by atoms with E-state index in [-0.39, 0.29) is 12.5 Å². The van der Waals surface area contributed by atoms with Gasteiger partial charge in [-0.15, -0.1) is 0 Å². The lowest BCUT2D eigenvalue weighted by Crippen LogP contribution is -2.32. The first-order valence-corrected chi connectivity index (χ1v) is 7.84. The molecular weight excluding hydrogens is 288 g/mol. The van der Waals surface area contributed by atoms with Crippen molar-refractivity contribution in [3.8, 4) is 5.75 Å². The molecule has 1 N–H and O–H groups in total. The minimum Gasteiger partial charge on any atom is -0.493 e. The molecule has 2 aromatic carbocycles. The number of ether oxygens (including phenoxy) is 1. The lowest BCUT2D eigenvalue weighted by molar-refractivity contribution is -0.116. The molecule has 0 aliphatic carbocycles. The average Bonchev–Trinajstić information content (AvgIpc) is 2.58. The highest BCUT2D eigenvalue weighted by molar-refractivity contribution is 5.95.